The summed E-state index contributed by atoms with van der Waals surface area (Å²) in [5.74, 6) is 0.560. The van der Waals surface area contributed by atoms with Gasteiger partial charge in [-0.15, -0.1) is 0 Å². The molecule has 1 atom stereocenters. The van der Waals surface area contributed by atoms with Crippen LogP contribution in [0, 0.1) is 0 Å². The lowest BCUT2D eigenvalue weighted by molar-refractivity contribution is -0.122. The van der Waals surface area contributed by atoms with Crippen LogP contribution in [0.2, 0.25) is 10.0 Å². The van der Waals surface area contributed by atoms with E-state index in [9.17, 15) is 4.79 Å². The summed E-state index contributed by atoms with van der Waals surface area (Å²) in [5, 5.41) is 7.57. The number of hydrogen-bond acceptors (Lipinski definition) is 3. The van der Waals surface area contributed by atoms with Gasteiger partial charge in [-0.05, 0) is 25.1 Å². The molecular formula is C13H13Cl2N3O2. The van der Waals surface area contributed by atoms with Crippen LogP contribution in [0.5, 0.6) is 5.75 Å². The van der Waals surface area contributed by atoms with Gasteiger partial charge in [-0.3, -0.25) is 9.48 Å². The third-order valence-electron chi connectivity index (χ3n) is 2.53. The molecule has 0 bridgehead atoms. The number of ether oxygens (including phenoxy) is 1. The van der Waals surface area contributed by atoms with Gasteiger partial charge >= 0.3 is 0 Å². The number of halogens is 2. The minimum Gasteiger partial charge on any atom is -0.479 e. The molecule has 0 aliphatic carbocycles. The number of rotatable bonds is 4. The standard InChI is InChI=1S/C13H13Cl2N3O2/c1-8(13(19)16-12-5-6-18(2)17-12)20-11-4-3-9(14)7-10(11)15/h3-8H,1-2H3,(H,16,17,19)/t8-/m0/s1. The molecule has 0 radical (unpaired) electrons. The minimum absolute atomic E-state index is 0.310. The number of nitrogens with zero attached hydrogens (tertiary/aromatic N) is 2. The highest BCUT2D eigenvalue weighted by Gasteiger charge is 2.17. The summed E-state index contributed by atoms with van der Waals surface area (Å²) in [5.41, 5.74) is 0. The second-order valence-corrected chi connectivity index (χ2v) is 5.04. The van der Waals surface area contributed by atoms with Crippen molar-refractivity contribution in [1.29, 1.82) is 0 Å². The number of hydrogen-bond donors (Lipinski definition) is 1. The van der Waals surface area contributed by atoms with Gasteiger partial charge in [0.05, 0.1) is 5.02 Å². The largest absolute Gasteiger partial charge is 0.479 e. The normalized spacial score (nSPS) is 12.0. The maximum Gasteiger partial charge on any atom is 0.266 e. The number of aromatic nitrogens is 2. The van der Waals surface area contributed by atoms with Crippen molar-refractivity contribution in [3.8, 4) is 5.75 Å². The molecule has 0 unspecified atom stereocenters. The molecule has 0 spiro atoms. The highest BCUT2D eigenvalue weighted by molar-refractivity contribution is 6.35. The quantitative estimate of drug-likeness (QED) is 0.943. The molecule has 1 heterocycles. The van der Waals surface area contributed by atoms with Crippen LogP contribution in [0.3, 0.4) is 0 Å². The molecule has 2 aromatic rings. The zero-order valence-corrected chi connectivity index (χ0v) is 12.4. The Labute approximate surface area is 126 Å². The van der Waals surface area contributed by atoms with Gasteiger partial charge in [0.25, 0.3) is 5.91 Å². The Balaban J connectivity index is 2.00. The van der Waals surface area contributed by atoms with Crippen LogP contribution in [0.1, 0.15) is 6.92 Å². The van der Waals surface area contributed by atoms with Crippen LogP contribution >= 0.6 is 23.2 Å². The maximum atomic E-state index is 11.9. The Bertz CT molecular complexity index is 628. The fraction of sp³-hybridized carbons (Fsp3) is 0.231. The van der Waals surface area contributed by atoms with Crippen LogP contribution in [0.25, 0.3) is 0 Å². The first kappa shape index (κ1) is 14.7. The van der Waals surface area contributed by atoms with E-state index < -0.39 is 6.10 Å². The zero-order chi connectivity index (χ0) is 14.7. The fourth-order valence-electron chi connectivity index (χ4n) is 1.52. The van der Waals surface area contributed by atoms with E-state index >= 15 is 0 Å². The molecule has 0 saturated carbocycles. The van der Waals surface area contributed by atoms with E-state index in [2.05, 4.69) is 10.4 Å². The fourth-order valence-corrected chi connectivity index (χ4v) is 1.98. The van der Waals surface area contributed by atoms with E-state index in [-0.39, 0.29) is 5.91 Å². The van der Waals surface area contributed by atoms with Crippen molar-refractivity contribution in [2.24, 2.45) is 7.05 Å². The number of carbonyl (C=O) groups is 1. The Morgan fingerprint density at radius 1 is 1.40 bits per heavy atom. The predicted molar refractivity (Wildman–Crippen MR) is 78.4 cm³/mol. The monoisotopic (exact) mass is 313 g/mol. The SMILES string of the molecule is C[C@H](Oc1ccc(Cl)cc1Cl)C(=O)Nc1ccn(C)n1. The van der Waals surface area contributed by atoms with E-state index in [0.29, 0.717) is 21.6 Å². The van der Waals surface area contributed by atoms with Crippen LogP contribution in [-0.2, 0) is 11.8 Å². The molecule has 20 heavy (non-hydrogen) atoms. The second kappa shape index (κ2) is 6.15. The summed E-state index contributed by atoms with van der Waals surface area (Å²) in [7, 11) is 1.77. The molecule has 0 saturated heterocycles. The number of anilines is 1. The van der Waals surface area contributed by atoms with Crippen LogP contribution in [-0.4, -0.2) is 21.8 Å². The van der Waals surface area contributed by atoms with Gasteiger partial charge < -0.3 is 10.1 Å². The molecule has 0 fully saturated rings. The lowest BCUT2D eigenvalue weighted by Gasteiger charge is -2.14. The van der Waals surface area contributed by atoms with Gasteiger partial charge in [-0.2, -0.15) is 5.10 Å². The summed E-state index contributed by atoms with van der Waals surface area (Å²) < 4.78 is 7.10. The topological polar surface area (TPSA) is 56.1 Å². The van der Waals surface area contributed by atoms with E-state index in [1.54, 1.807) is 49.1 Å². The smallest absolute Gasteiger partial charge is 0.266 e. The number of amides is 1. The summed E-state index contributed by atoms with van der Waals surface area (Å²) in [6.07, 6.45) is 1.02. The van der Waals surface area contributed by atoms with Crippen molar-refractivity contribution in [3.63, 3.8) is 0 Å². The number of aryl methyl sites for hydroxylation is 1. The first-order chi connectivity index (χ1) is 9.45. The first-order valence-corrected chi connectivity index (χ1v) is 6.63. The molecule has 1 aromatic carbocycles. The number of benzene rings is 1. The van der Waals surface area contributed by atoms with E-state index in [1.165, 1.54) is 0 Å². The van der Waals surface area contributed by atoms with Crippen molar-refractivity contribution in [3.05, 3.63) is 40.5 Å². The Morgan fingerprint density at radius 2 is 2.15 bits per heavy atom. The Kier molecular flexibility index (Phi) is 4.52. The zero-order valence-electron chi connectivity index (χ0n) is 10.9. The van der Waals surface area contributed by atoms with Gasteiger partial charge in [0.2, 0.25) is 0 Å². The van der Waals surface area contributed by atoms with Gasteiger partial charge in [0.1, 0.15) is 5.75 Å². The molecule has 1 amide bonds. The van der Waals surface area contributed by atoms with Crippen molar-refractivity contribution in [2.45, 2.75) is 13.0 Å². The van der Waals surface area contributed by atoms with E-state index in [0.717, 1.165) is 0 Å². The molecule has 5 nitrogen and oxygen atoms in total. The molecular weight excluding hydrogens is 301 g/mol. The van der Waals surface area contributed by atoms with Crippen LogP contribution in [0.15, 0.2) is 30.5 Å². The van der Waals surface area contributed by atoms with Crippen molar-refractivity contribution >= 4 is 34.9 Å². The maximum absolute atomic E-state index is 11.9. The number of nitrogens with one attached hydrogen (secondary N) is 1. The van der Waals surface area contributed by atoms with Crippen LogP contribution in [0.4, 0.5) is 5.82 Å². The molecule has 1 N–H and O–H groups in total. The summed E-state index contributed by atoms with van der Waals surface area (Å²) in [4.78, 5) is 11.9. The van der Waals surface area contributed by atoms with Gasteiger partial charge in [-0.1, -0.05) is 23.2 Å². The summed E-state index contributed by atoms with van der Waals surface area (Å²) in [6, 6.07) is 6.52. The third-order valence-corrected chi connectivity index (χ3v) is 3.06. The van der Waals surface area contributed by atoms with Crippen molar-refractivity contribution in [1.82, 2.24) is 9.78 Å². The summed E-state index contributed by atoms with van der Waals surface area (Å²) in [6.45, 7) is 1.63. The Hall–Kier alpha value is -1.72. The Morgan fingerprint density at radius 3 is 2.75 bits per heavy atom. The number of carbonyl (C=O) groups excluding carboxylic acids is 1. The van der Waals surface area contributed by atoms with Gasteiger partial charge in [-0.25, -0.2) is 0 Å². The molecule has 0 aliphatic heterocycles. The van der Waals surface area contributed by atoms with E-state index in [1.807, 2.05) is 0 Å². The lowest BCUT2D eigenvalue weighted by atomic mass is 10.3. The molecule has 1 aromatic heterocycles. The highest BCUT2D eigenvalue weighted by Crippen LogP contribution is 2.28. The molecule has 7 heteroatoms. The predicted octanol–water partition coefficient (Wildman–Crippen LogP) is 3.13. The van der Waals surface area contributed by atoms with Crippen molar-refractivity contribution in [2.75, 3.05) is 5.32 Å². The van der Waals surface area contributed by atoms with Gasteiger partial charge in [0.15, 0.2) is 11.9 Å². The molecule has 106 valence electrons. The van der Waals surface area contributed by atoms with Crippen LogP contribution < -0.4 is 10.1 Å². The van der Waals surface area contributed by atoms with Crippen molar-refractivity contribution < 1.29 is 9.53 Å². The molecule has 2 rings (SSSR count). The lowest BCUT2D eigenvalue weighted by Crippen LogP contribution is -2.30. The minimum atomic E-state index is -0.712. The average Bonchev–Trinajstić information content (AvgIpc) is 2.78. The summed E-state index contributed by atoms with van der Waals surface area (Å²) >= 11 is 11.8. The average molecular weight is 314 g/mol. The third kappa shape index (κ3) is 3.65. The van der Waals surface area contributed by atoms with Gasteiger partial charge in [0, 0.05) is 24.3 Å². The second-order valence-electron chi connectivity index (χ2n) is 4.20. The highest BCUT2D eigenvalue weighted by atomic mass is 35.5. The molecule has 0 aliphatic rings. The first-order valence-electron chi connectivity index (χ1n) is 5.88. The van der Waals surface area contributed by atoms with E-state index in [4.69, 9.17) is 27.9 Å².